The van der Waals surface area contributed by atoms with Crippen molar-refractivity contribution in [3.63, 3.8) is 0 Å². The van der Waals surface area contributed by atoms with Gasteiger partial charge in [-0.25, -0.2) is 4.99 Å². The van der Waals surface area contributed by atoms with Crippen LogP contribution in [0, 0.1) is 0 Å². The number of hydrogen-bond donors (Lipinski definition) is 0. The summed E-state index contributed by atoms with van der Waals surface area (Å²) >= 11 is 0. The van der Waals surface area contributed by atoms with E-state index in [9.17, 15) is 0 Å². The fourth-order valence-corrected chi connectivity index (χ4v) is 4.23. The normalized spacial score (nSPS) is 10.6. The fraction of sp³-hybridized carbons (Fsp3) is 0.156. The minimum absolute atomic E-state index is 0.577. The summed E-state index contributed by atoms with van der Waals surface area (Å²) in [5.74, 6) is 0.657. The molecule has 0 atom stereocenters. The molecule has 242 valence electrons. The molecule has 4 rings (SSSR count). The molecule has 4 aromatic rings. The Bertz CT molecular complexity index is 1640. The zero-order chi connectivity index (χ0) is 34.9. The lowest BCUT2D eigenvalue weighted by Gasteiger charge is -2.10. The lowest BCUT2D eigenvalue weighted by atomic mass is 9.95. The summed E-state index contributed by atoms with van der Waals surface area (Å²) in [7, 11) is 0. The van der Waals surface area contributed by atoms with Crippen molar-refractivity contribution >= 4 is 18.1 Å². The summed E-state index contributed by atoms with van der Waals surface area (Å²) in [4.78, 5) is 8.93. The zero-order valence-electron chi connectivity index (χ0n) is 29.1. The van der Waals surface area contributed by atoms with Crippen molar-refractivity contribution in [1.29, 1.82) is 0 Å². The Kier molecular flexibility index (Phi) is 20.2. The van der Waals surface area contributed by atoms with Gasteiger partial charge in [-0.15, -0.1) is 0 Å². The van der Waals surface area contributed by atoms with E-state index in [1.165, 1.54) is 22.3 Å². The van der Waals surface area contributed by atoms with E-state index in [0.717, 1.165) is 34.2 Å². The molecule has 2 nitrogen and oxygen atoms in total. The molecule has 4 aromatic carbocycles. The maximum absolute atomic E-state index is 4.72. The fourth-order valence-electron chi connectivity index (χ4n) is 4.23. The SMILES string of the molecule is C=CC(=C)C.C=CC=C.C=NC(=NCc1ccccc1)c1cccc(-c2cccc(-c3cccc(/C(=C/C=C\C)CC)c3)c2)c1.CC. The Morgan fingerprint density at radius 2 is 1.19 bits per heavy atom. The van der Waals surface area contributed by atoms with Gasteiger partial charge in [-0.05, 0) is 84.1 Å². The van der Waals surface area contributed by atoms with Gasteiger partial charge in [0.1, 0.15) is 0 Å². The third-order valence-corrected chi connectivity index (χ3v) is 6.67. The quantitative estimate of drug-likeness (QED) is 0.0957. The standard InChI is InChI=1S/C34H32N2.C5H8.C4H6.C2H6/c1-4-6-15-27(5-2)28-16-10-17-29(22-28)30-18-11-19-31(23-30)32-20-12-21-33(24-32)34(35-3)36-25-26-13-8-7-9-14-26;1-4-5(2)3;1-3-4-2;1-2/h4,6-24H,3,5,25H2,1-2H3;4H,1-2H2,3H3;3-4H,1-2H2;1-2H3/b6-4-,27-15+,36-34?;;;. The Morgan fingerprint density at radius 1 is 0.702 bits per heavy atom. The minimum atomic E-state index is 0.577. The second-order valence-corrected chi connectivity index (χ2v) is 10.1. The van der Waals surface area contributed by atoms with Crippen molar-refractivity contribution < 1.29 is 0 Å². The number of nitrogens with zero attached hydrogens (tertiary/aromatic N) is 2. The molecule has 2 heteroatoms. The van der Waals surface area contributed by atoms with Crippen LogP contribution in [0.1, 0.15) is 57.7 Å². The van der Waals surface area contributed by atoms with Gasteiger partial charge in [-0.1, -0.05) is 174 Å². The van der Waals surface area contributed by atoms with E-state index in [-0.39, 0.29) is 0 Å². The average molecular weight is 621 g/mol. The summed E-state index contributed by atoms with van der Waals surface area (Å²) < 4.78 is 0. The molecule has 0 spiro atoms. The molecule has 0 aliphatic heterocycles. The van der Waals surface area contributed by atoms with E-state index in [2.05, 4.69) is 142 Å². The van der Waals surface area contributed by atoms with E-state index in [4.69, 9.17) is 4.99 Å². The lowest BCUT2D eigenvalue weighted by molar-refractivity contribution is 1.06. The number of allylic oxidation sites excluding steroid dienone is 8. The predicted molar refractivity (Wildman–Crippen MR) is 213 cm³/mol. The molecule has 0 aliphatic rings. The second-order valence-electron chi connectivity index (χ2n) is 10.1. The van der Waals surface area contributed by atoms with Gasteiger partial charge in [0.05, 0.1) is 6.54 Å². The molecule has 0 heterocycles. The van der Waals surface area contributed by atoms with Gasteiger partial charge in [0.15, 0.2) is 5.84 Å². The molecular weight excluding hydrogens is 569 g/mol. The summed E-state index contributed by atoms with van der Waals surface area (Å²) in [5, 5.41) is 0. The molecule has 0 bridgehead atoms. The van der Waals surface area contributed by atoms with Gasteiger partial charge in [0, 0.05) is 5.56 Å². The highest BCUT2D eigenvalue weighted by Gasteiger charge is 2.07. The van der Waals surface area contributed by atoms with Crippen LogP contribution in [0.5, 0.6) is 0 Å². The monoisotopic (exact) mass is 620 g/mol. The van der Waals surface area contributed by atoms with Crippen LogP contribution in [-0.2, 0) is 6.54 Å². The molecule has 0 fully saturated rings. The highest BCUT2D eigenvalue weighted by Crippen LogP contribution is 2.29. The first-order valence-corrected chi connectivity index (χ1v) is 16.1. The van der Waals surface area contributed by atoms with Crippen molar-refractivity contribution in [2.45, 2.75) is 47.6 Å². The zero-order valence-corrected chi connectivity index (χ0v) is 29.1. The van der Waals surface area contributed by atoms with Crippen LogP contribution in [0.2, 0.25) is 0 Å². The Hall–Kier alpha value is -5.34. The van der Waals surface area contributed by atoms with Crippen molar-refractivity contribution in [2.75, 3.05) is 0 Å². The highest BCUT2D eigenvalue weighted by atomic mass is 14.9. The summed E-state index contributed by atoms with van der Waals surface area (Å²) in [5.41, 5.74) is 10.4. The first kappa shape index (κ1) is 39.7. The molecule has 0 saturated carbocycles. The van der Waals surface area contributed by atoms with Crippen molar-refractivity contribution in [3.8, 4) is 22.3 Å². The number of rotatable bonds is 10. The van der Waals surface area contributed by atoms with Gasteiger partial charge >= 0.3 is 0 Å². The van der Waals surface area contributed by atoms with E-state index < -0.39 is 0 Å². The predicted octanol–water partition coefficient (Wildman–Crippen LogP) is 13.2. The van der Waals surface area contributed by atoms with Gasteiger partial charge in [0.25, 0.3) is 0 Å². The highest BCUT2D eigenvalue weighted by molar-refractivity contribution is 6.02. The number of amidine groups is 1. The van der Waals surface area contributed by atoms with Crippen LogP contribution in [0.4, 0.5) is 0 Å². The topological polar surface area (TPSA) is 24.7 Å². The van der Waals surface area contributed by atoms with Crippen LogP contribution in [-0.4, -0.2) is 12.6 Å². The maximum Gasteiger partial charge on any atom is 0.154 e. The third-order valence-electron chi connectivity index (χ3n) is 6.67. The summed E-state index contributed by atoms with van der Waals surface area (Å²) in [6.45, 7) is 28.2. The van der Waals surface area contributed by atoms with Crippen LogP contribution < -0.4 is 0 Å². The van der Waals surface area contributed by atoms with Crippen molar-refractivity contribution in [3.05, 3.63) is 188 Å². The number of aliphatic imine (C=N–C) groups is 2. The largest absolute Gasteiger partial charge is 0.261 e. The molecular formula is C45H52N2. The molecule has 47 heavy (non-hydrogen) atoms. The van der Waals surface area contributed by atoms with Crippen molar-refractivity contribution in [2.24, 2.45) is 9.98 Å². The van der Waals surface area contributed by atoms with E-state index >= 15 is 0 Å². The third kappa shape index (κ3) is 14.5. The number of hydrogen-bond acceptors (Lipinski definition) is 1. The molecule has 0 amide bonds. The molecule has 0 saturated heterocycles. The van der Waals surface area contributed by atoms with Gasteiger partial charge in [-0.2, -0.15) is 0 Å². The van der Waals surface area contributed by atoms with Gasteiger partial charge in [0.2, 0.25) is 0 Å². The Balaban J connectivity index is 0.000000877. The van der Waals surface area contributed by atoms with Crippen LogP contribution in [0.3, 0.4) is 0 Å². The van der Waals surface area contributed by atoms with Crippen LogP contribution in [0.15, 0.2) is 181 Å². The average Bonchev–Trinajstić information content (AvgIpc) is 3.14. The Morgan fingerprint density at radius 3 is 1.66 bits per heavy atom. The van der Waals surface area contributed by atoms with E-state index in [1.807, 2.05) is 52.0 Å². The first-order valence-electron chi connectivity index (χ1n) is 16.1. The van der Waals surface area contributed by atoms with Gasteiger partial charge < -0.3 is 0 Å². The van der Waals surface area contributed by atoms with Crippen LogP contribution >= 0.6 is 0 Å². The smallest absolute Gasteiger partial charge is 0.154 e. The number of benzene rings is 4. The summed E-state index contributed by atoms with van der Waals surface area (Å²) in [6, 6.07) is 36.1. The van der Waals surface area contributed by atoms with E-state index in [0.29, 0.717) is 12.4 Å². The lowest BCUT2D eigenvalue weighted by Crippen LogP contribution is -1.98. The van der Waals surface area contributed by atoms with Gasteiger partial charge in [-0.3, -0.25) is 4.99 Å². The molecule has 0 N–H and O–H groups in total. The van der Waals surface area contributed by atoms with E-state index in [1.54, 1.807) is 18.2 Å². The van der Waals surface area contributed by atoms with Crippen LogP contribution in [0.25, 0.3) is 27.8 Å². The molecule has 0 aromatic heterocycles. The summed E-state index contributed by atoms with van der Waals surface area (Å²) in [6.07, 6.45) is 12.4. The second kappa shape index (κ2) is 24.0. The maximum atomic E-state index is 4.72. The Labute approximate surface area is 285 Å². The molecule has 0 radical (unpaired) electrons. The molecule has 0 aliphatic carbocycles. The van der Waals surface area contributed by atoms with Crippen molar-refractivity contribution in [1.82, 2.24) is 0 Å². The minimum Gasteiger partial charge on any atom is -0.261 e. The first-order chi connectivity index (χ1) is 22.9. The molecule has 0 unspecified atom stereocenters.